The van der Waals surface area contributed by atoms with Gasteiger partial charge in [0.2, 0.25) is 0 Å². The van der Waals surface area contributed by atoms with Gasteiger partial charge in [-0.1, -0.05) is 6.07 Å². The van der Waals surface area contributed by atoms with Crippen molar-refractivity contribution in [1.29, 1.82) is 0 Å². The van der Waals surface area contributed by atoms with Gasteiger partial charge in [-0.15, -0.1) is 0 Å². The SMILES string of the molecule is Cc1c(C(=O)N(C)Cc2cccnc2)cnn1C1CCS(=O)(=O)C1. The van der Waals surface area contributed by atoms with Crippen molar-refractivity contribution in [3.63, 3.8) is 0 Å². The van der Waals surface area contributed by atoms with Crippen LogP contribution >= 0.6 is 0 Å². The van der Waals surface area contributed by atoms with E-state index in [0.29, 0.717) is 24.2 Å². The zero-order valence-corrected chi connectivity index (χ0v) is 14.5. The van der Waals surface area contributed by atoms with Crippen LogP contribution in [0.25, 0.3) is 0 Å². The van der Waals surface area contributed by atoms with E-state index in [1.165, 1.54) is 6.20 Å². The molecule has 0 spiro atoms. The van der Waals surface area contributed by atoms with Crippen LogP contribution < -0.4 is 0 Å². The lowest BCUT2D eigenvalue weighted by Gasteiger charge is -2.17. The van der Waals surface area contributed by atoms with Crippen molar-refractivity contribution < 1.29 is 13.2 Å². The molecular weight excluding hydrogens is 328 g/mol. The molecule has 0 radical (unpaired) electrons. The average Bonchev–Trinajstić information content (AvgIpc) is 3.09. The molecule has 0 aliphatic carbocycles. The quantitative estimate of drug-likeness (QED) is 0.829. The second-order valence-corrected chi connectivity index (χ2v) is 8.40. The minimum atomic E-state index is -2.99. The molecular formula is C16H20N4O3S. The van der Waals surface area contributed by atoms with E-state index < -0.39 is 9.84 Å². The summed E-state index contributed by atoms with van der Waals surface area (Å²) in [4.78, 5) is 18.3. The van der Waals surface area contributed by atoms with Crippen molar-refractivity contribution in [3.05, 3.63) is 47.5 Å². The van der Waals surface area contributed by atoms with Crippen molar-refractivity contribution >= 4 is 15.7 Å². The zero-order valence-electron chi connectivity index (χ0n) is 13.7. The fourth-order valence-corrected chi connectivity index (χ4v) is 4.70. The van der Waals surface area contributed by atoms with Gasteiger partial charge in [0, 0.05) is 31.7 Å². The van der Waals surface area contributed by atoms with Gasteiger partial charge in [0.25, 0.3) is 5.91 Å². The third kappa shape index (κ3) is 3.33. The Kier molecular flexibility index (Phi) is 4.40. The van der Waals surface area contributed by atoms with Crippen molar-refractivity contribution in [1.82, 2.24) is 19.7 Å². The first-order chi connectivity index (χ1) is 11.4. The number of carbonyl (C=O) groups excluding carboxylic acids is 1. The molecule has 1 saturated heterocycles. The molecule has 1 fully saturated rings. The molecule has 7 nitrogen and oxygen atoms in total. The van der Waals surface area contributed by atoms with E-state index in [1.807, 2.05) is 19.1 Å². The van der Waals surface area contributed by atoms with Gasteiger partial charge < -0.3 is 4.90 Å². The lowest BCUT2D eigenvalue weighted by molar-refractivity contribution is 0.0784. The van der Waals surface area contributed by atoms with E-state index in [9.17, 15) is 13.2 Å². The van der Waals surface area contributed by atoms with Crippen LogP contribution in [0.4, 0.5) is 0 Å². The summed E-state index contributed by atoms with van der Waals surface area (Å²) in [6.45, 7) is 2.26. The summed E-state index contributed by atoms with van der Waals surface area (Å²) in [6, 6.07) is 3.56. The fourth-order valence-electron chi connectivity index (χ4n) is 3.01. The van der Waals surface area contributed by atoms with Crippen molar-refractivity contribution in [2.45, 2.75) is 25.9 Å². The van der Waals surface area contributed by atoms with Gasteiger partial charge in [-0.2, -0.15) is 5.10 Å². The predicted molar refractivity (Wildman–Crippen MR) is 89.3 cm³/mol. The summed E-state index contributed by atoms with van der Waals surface area (Å²) < 4.78 is 25.0. The van der Waals surface area contributed by atoms with E-state index in [4.69, 9.17) is 0 Å². The highest BCUT2D eigenvalue weighted by Crippen LogP contribution is 2.25. The number of pyridine rings is 1. The fraction of sp³-hybridized carbons (Fsp3) is 0.438. The Balaban J connectivity index is 1.76. The molecule has 0 N–H and O–H groups in total. The van der Waals surface area contributed by atoms with Crippen LogP contribution in [-0.2, 0) is 16.4 Å². The zero-order chi connectivity index (χ0) is 17.3. The first-order valence-corrected chi connectivity index (χ1v) is 9.58. The van der Waals surface area contributed by atoms with E-state index in [0.717, 1.165) is 5.56 Å². The van der Waals surface area contributed by atoms with Crippen LogP contribution in [0.5, 0.6) is 0 Å². The molecule has 0 bridgehead atoms. The molecule has 0 aromatic carbocycles. The van der Waals surface area contributed by atoms with Crippen molar-refractivity contribution in [2.75, 3.05) is 18.6 Å². The van der Waals surface area contributed by atoms with Crippen LogP contribution in [0.1, 0.15) is 34.1 Å². The first kappa shape index (κ1) is 16.6. The number of aromatic nitrogens is 3. The minimum Gasteiger partial charge on any atom is -0.337 e. The largest absolute Gasteiger partial charge is 0.337 e. The van der Waals surface area contributed by atoms with Gasteiger partial charge in [0.05, 0.1) is 29.3 Å². The minimum absolute atomic E-state index is 0.0919. The highest BCUT2D eigenvalue weighted by Gasteiger charge is 2.31. The molecule has 3 heterocycles. The molecule has 2 aromatic heterocycles. The second-order valence-electron chi connectivity index (χ2n) is 6.17. The average molecular weight is 348 g/mol. The molecule has 1 aliphatic rings. The molecule has 1 amide bonds. The van der Waals surface area contributed by atoms with E-state index in [2.05, 4.69) is 10.1 Å². The van der Waals surface area contributed by atoms with Crippen LogP contribution in [0, 0.1) is 6.92 Å². The van der Waals surface area contributed by atoms with Gasteiger partial charge in [0.1, 0.15) is 0 Å². The molecule has 1 atom stereocenters. The monoisotopic (exact) mass is 348 g/mol. The lowest BCUT2D eigenvalue weighted by atomic mass is 10.2. The number of sulfone groups is 1. The third-order valence-electron chi connectivity index (χ3n) is 4.32. The Hall–Kier alpha value is -2.22. The number of rotatable bonds is 4. The van der Waals surface area contributed by atoms with Gasteiger partial charge >= 0.3 is 0 Å². The van der Waals surface area contributed by atoms with Crippen molar-refractivity contribution in [3.8, 4) is 0 Å². The highest BCUT2D eigenvalue weighted by molar-refractivity contribution is 7.91. The summed E-state index contributed by atoms with van der Waals surface area (Å²) in [6.07, 6.45) is 5.49. The van der Waals surface area contributed by atoms with Gasteiger partial charge in [-0.25, -0.2) is 8.42 Å². The summed E-state index contributed by atoms with van der Waals surface area (Å²) in [5.74, 6) is 0.138. The maximum atomic E-state index is 12.7. The molecule has 3 rings (SSSR count). The smallest absolute Gasteiger partial charge is 0.257 e. The molecule has 1 aliphatic heterocycles. The van der Waals surface area contributed by atoms with E-state index >= 15 is 0 Å². The number of carbonyl (C=O) groups is 1. The standard InChI is InChI=1S/C16H20N4O3S/c1-12-15(9-18-20(12)14-5-7-24(22,23)11-14)16(21)19(2)10-13-4-3-6-17-8-13/h3-4,6,8-9,14H,5,7,10-11H2,1-2H3. The Bertz CT molecular complexity index is 845. The van der Waals surface area contributed by atoms with Gasteiger partial charge in [-0.05, 0) is 25.0 Å². The number of nitrogens with zero attached hydrogens (tertiary/aromatic N) is 4. The van der Waals surface area contributed by atoms with E-state index in [1.54, 1.807) is 29.0 Å². The maximum Gasteiger partial charge on any atom is 0.257 e. The van der Waals surface area contributed by atoms with Crippen LogP contribution in [0.2, 0.25) is 0 Å². The maximum absolute atomic E-state index is 12.7. The van der Waals surface area contributed by atoms with E-state index in [-0.39, 0.29) is 23.5 Å². The van der Waals surface area contributed by atoms with Crippen molar-refractivity contribution in [2.24, 2.45) is 0 Å². The van der Waals surface area contributed by atoms with Crippen LogP contribution in [0.3, 0.4) is 0 Å². The molecule has 0 saturated carbocycles. The number of hydrogen-bond donors (Lipinski definition) is 0. The van der Waals surface area contributed by atoms with Crippen LogP contribution in [0.15, 0.2) is 30.7 Å². The second kappa shape index (κ2) is 6.35. The van der Waals surface area contributed by atoms with Crippen LogP contribution in [-0.4, -0.2) is 52.5 Å². The molecule has 8 heteroatoms. The summed E-state index contributed by atoms with van der Waals surface area (Å²) in [5, 5.41) is 4.27. The highest BCUT2D eigenvalue weighted by atomic mass is 32.2. The summed E-state index contributed by atoms with van der Waals surface area (Å²) in [7, 11) is -1.26. The topological polar surface area (TPSA) is 85.2 Å². The molecule has 128 valence electrons. The first-order valence-electron chi connectivity index (χ1n) is 7.76. The molecule has 1 unspecified atom stereocenters. The predicted octanol–water partition coefficient (Wildman–Crippen LogP) is 1.22. The Morgan fingerprint density at radius 1 is 1.42 bits per heavy atom. The normalized spacial score (nSPS) is 19.3. The summed E-state index contributed by atoms with van der Waals surface area (Å²) in [5.41, 5.74) is 2.16. The third-order valence-corrected chi connectivity index (χ3v) is 6.07. The molecule has 2 aromatic rings. The van der Waals surface area contributed by atoms with Gasteiger partial charge in [0.15, 0.2) is 9.84 Å². The Labute approximate surface area is 141 Å². The Morgan fingerprint density at radius 3 is 2.83 bits per heavy atom. The van der Waals surface area contributed by atoms with Gasteiger partial charge in [-0.3, -0.25) is 14.5 Å². The lowest BCUT2D eigenvalue weighted by Crippen LogP contribution is -2.27. The molecule has 24 heavy (non-hydrogen) atoms. The number of amides is 1. The summed E-state index contributed by atoms with van der Waals surface area (Å²) >= 11 is 0. The Morgan fingerprint density at radius 2 is 2.21 bits per heavy atom. The number of hydrogen-bond acceptors (Lipinski definition) is 5.